The summed E-state index contributed by atoms with van der Waals surface area (Å²) in [5, 5.41) is 10.1. The molecule has 4 rings (SSSR count). The number of Topliss-reactive ketones (excluding diaryl/α,β-unsaturated/α-hetero) is 1. The summed E-state index contributed by atoms with van der Waals surface area (Å²) in [5.74, 6) is -0.497. The van der Waals surface area contributed by atoms with Gasteiger partial charge < -0.3 is 25.1 Å². The highest BCUT2D eigenvalue weighted by Crippen LogP contribution is 2.28. The molecule has 0 aliphatic heterocycles. The average molecular weight is 591 g/mol. The monoisotopic (exact) mass is 590 g/mol. The molecular formula is C31H34N4O6S. The molecule has 2 amide bonds. The Morgan fingerprint density at radius 2 is 1.90 bits per heavy atom. The number of thiophene rings is 1. The van der Waals surface area contributed by atoms with Crippen molar-refractivity contribution in [3.63, 3.8) is 0 Å². The number of fused-ring (bicyclic) bond motifs is 1. The van der Waals surface area contributed by atoms with E-state index in [2.05, 4.69) is 20.6 Å². The third kappa shape index (κ3) is 7.82. The Hall–Kier alpha value is -4.51. The van der Waals surface area contributed by atoms with Crippen LogP contribution in [0.2, 0.25) is 0 Å². The van der Waals surface area contributed by atoms with E-state index < -0.39 is 23.2 Å². The fourth-order valence-corrected chi connectivity index (χ4v) is 5.12. The fraction of sp³-hybridized carbons (Fsp3) is 0.323. The number of anilines is 1. The fourth-order valence-electron chi connectivity index (χ4n) is 4.38. The number of H-pyrrole nitrogens is 1. The van der Waals surface area contributed by atoms with Crippen LogP contribution in [0.25, 0.3) is 10.9 Å². The first kappa shape index (κ1) is 30.4. The number of nitrogens with one attached hydrogen (secondary N) is 3. The lowest BCUT2D eigenvalue weighted by Crippen LogP contribution is -2.33. The smallest absolute Gasteiger partial charge is 0.407 e. The molecule has 4 aromatic rings. The standard InChI is InChI=1S/C31H34N4O6S/c1-18-6-7-20(26(36)14-19(21-9-11-42-17-21)8-10-32-30(39)41-31(2,3)4)13-24(18)34-28(37)23-12-22-16-33-27(40-5)15-25(22)35-29(23)38/h6-7,9,11-13,15-17,19H,8,10,14H2,1-5H3,(H,32,39)(H,34,37)(H,35,38). The van der Waals surface area contributed by atoms with Gasteiger partial charge in [-0.05, 0) is 80.1 Å². The molecule has 0 aliphatic carbocycles. The van der Waals surface area contributed by atoms with Crippen LogP contribution in [0.15, 0.2) is 58.1 Å². The number of aryl methyl sites for hydroxylation is 1. The average Bonchev–Trinajstić information content (AvgIpc) is 3.47. The molecular weight excluding hydrogens is 556 g/mol. The Morgan fingerprint density at radius 3 is 2.60 bits per heavy atom. The highest BCUT2D eigenvalue weighted by Gasteiger charge is 2.21. The van der Waals surface area contributed by atoms with Crippen LogP contribution < -0.4 is 20.9 Å². The number of benzene rings is 1. The lowest BCUT2D eigenvalue weighted by Gasteiger charge is -2.21. The van der Waals surface area contributed by atoms with E-state index in [0.717, 1.165) is 11.1 Å². The maximum absolute atomic E-state index is 13.4. The van der Waals surface area contributed by atoms with Crippen molar-refractivity contribution in [3.8, 4) is 5.88 Å². The summed E-state index contributed by atoms with van der Waals surface area (Å²) in [6, 6.07) is 10.1. The van der Waals surface area contributed by atoms with E-state index in [1.54, 1.807) is 63.3 Å². The first-order valence-electron chi connectivity index (χ1n) is 13.4. The molecule has 0 bridgehead atoms. The second-order valence-electron chi connectivity index (χ2n) is 10.9. The van der Waals surface area contributed by atoms with Crippen molar-refractivity contribution >= 4 is 45.7 Å². The van der Waals surface area contributed by atoms with Gasteiger partial charge in [-0.15, -0.1) is 0 Å². The number of ether oxygens (including phenoxy) is 2. The van der Waals surface area contributed by atoms with Gasteiger partial charge in [0, 0.05) is 41.9 Å². The van der Waals surface area contributed by atoms with Gasteiger partial charge in [-0.1, -0.05) is 12.1 Å². The molecule has 0 radical (unpaired) electrons. The van der Waals surface area contributed by atoms with E-state index in [1.807, 2.05) is 16.8 Å². The van der Waals surface area contributed by atoms with Crippen LogP contribution in [0, 0.1) is 6.92 Å². The predicted octanol–water partition coefficient (Wildman–Crippen LogP) is 5.83. The number of alkyl carbamates (subject to hydrolysis) is 1. The van der Waals surface area contributed by atoms with E-state index in [4.69, 9.17) is 9.47 Å². The molecule has 1 aromatic carbocycles. The number of pyridine rings is 2. The summed E-state index contributed by atoms with van der Waals surface area (Å²) in [6.07, 6.45) is 1.77. The van der Waals surface area contributed by atoms with Crippen LogP contribution in [0.5, 0.6) is 5.88 Å². The number of rotatable bonds is 10. The first-order valence-corrected chi connectivity index (χ1v) is 14.4. The van der Waals surface area contributed by atoms with Gasteiger partial charge in [0.25, 0.3) is 11.5 Å². The van der Waals surface area contributed by atoms with Crippen LogP contribution in [-0.4, -0.2) is 47.0 Å². The van der Waals surface area contributed by atoms with Crippen LogP contribution in [0.4, 0.5) is 10.5 Å². The predicted molar refractivity (Wildman–Crippen MR) is 163 cm³/mol. The Labute approximate surface area is 247 Å². The molecule has 11 heteroatoms. The summed E-state index contributed by atoms with van der Waals surface area (Å²) in [4.78, 5) is 58.1. The highest BCUT2D eigenvalue weighted by atomic mass is 32.1. The normalized spacial score (nSPS) is 12.0. The number of carbonyl (C=O) groups is 3. The summed E-state index contributed by atoms with van der Waals surface area (Å²) in [5.41, 5.74) is 1.86. The largest absolute Gasteiger partial charge is 0.481 e. The number of ketones is 1. The van der Waals surface area contributed by atoms with Crippen molar-refractivity contribution < 1.29 is 23.9 Å². The summed E-state index contributed by atoms with van der Waals surface area (Å²) < 4.78 is 10.4. The maximum Gasteiger partial charge on any atom is 0.407 e. The minimum absolute atomic E-state index is 0.0828. The molecule has 0 fully saturated rings. The number of amides is 2. The van der Waals surface area contributed by atoms with Crippen LogP contribution in [-0.2, 0) is 4.74 Å². The first-order chi connectivity index (χ1) is 19.9. The van der Waals surface area contributed by atoms with Gasteiger partial charge in [0.2, 0.25) is 5.88 Å². The Balaban J connectivity index is 1.47. The molecule has 3 heterocycles. The lowest BCUT2D eigenvalue weighted by atomic mass is 9.90. The number of nitrogens with zero attached hydrogens (tertiary/aromatic N) is 1. The van der Waals surface area contributed by atoms with Crippen molar-refractivity contribution in [3.05, 3.63) is 86.0 Å². The van der Waals surface area contributed by atoms with Crippen molar-refractivity contribution in [1.29, 1.82) is 0 Å². The molecule has 0 aliphatic rings. The summed E-state index contributed by atoms with van der Waals surface area (Å²) in [6.45, 7) is 7.55. The van der Waals surface area contributed by atoms with Crippen molar-refractivity contribution in [1.82, 2.24) is 15.3 Å². The minimum Gasteiger partial charge on any atom is -0.481 e. The quantitative estimate of drug-likeness (QED) is 0.198. The molecule has 1 unspecified atom stereocenters. The number of carbonyl (C=O) groups excluding carboxylic acids is 3. The second kappa shape index (κ2) is 13.0. The van der Waals surface area contributed by atoms with Crippen molar-refractivity contribution in [2.24, 2.45) is 0 Å². The molecule has 0 spiro atoms. The van der Waals surface area contributed by atoms with E-state index in [0.29, 0.717) is 41.0 Å². The third-order valence-corrected chi connectivity index (χ3v) is 7.27. The van der Waals surface area contributed by atoms with E-state index in [1.165, 1.54) is 19.4 Å². The second-order valence-corrected chi connectivity index (χ2v) is 11.7. The number of aromatic amines is 1. The molecule has 1 atom stereocenters. The van der Waals surface area contributed by atoms with E-state index in [-0.39, 0.29) is 23.7 Å². The van der Waals surface area contributed by atoms with E-state index in [9.17, 15) is 19.2 Å². The van der Waals surface area contributed by atoms with Gasteiger partial charge in [0.05, 0.1) is 12.6 Å². The van der Waals surface area contributed by atoms with Crippen molar-refractivity contribution in [2.75, 3.05) is 19.0 Å². The zero-order valence-corrected chi connectivity index (χ0v) is 25.0. The van der Waals surface area contributed by atoms with Gasteiger partial charge >= 0.3 is 6.09 Å². The zero-order valence-electron chi connectivity index (χ0n) is 24.2. The van der Waals surface area contributed by atoms with Crippen LogP contribution >= 0.6 is 11.3 Å². The number of methoxy groups -OCH3 is 1. The third-order valence-electron chi connectivity index (χ3n) is 6.57. The summed E-state index contributed by atoms with van der Waals surface area (Å²) in [7, 11) is 1.47. The molecule has 3 N–H and O–H groups in total. The Morgan fingerprint density at radius 1 is 1.12 bits per heavy atom. The molecule has 0 saturated carbocycles. The van der Waals surface area contributed by atoms with Crippen molar-refractivity contribution in [2.45, 2.75) is 52.1 Å². The Bertz CT molecular complexity index is 1660. The van der Waals surface area contributed by atoms with Gasteiger partial charge in [0.15, 0.2) is 5.78 Å². The molecule has 10 nitrogen and oxygen atoms in total. The molecule has 0 saturated heterocycles. The van der Waals surface area contributed by atoms with Gasteiger partial charge in [-0.3, -0.25) is 14.4 Å². The molecule has 3 aromatic heterocycles. The SMILES string of the molecule is COc1cc2[nH]c(=O)c(C(=O)Nc3cc(C(=O)CC(CCNC(=O)OC(C)(C)C)c4ccsc4)ccc3C)cc2cn1. The maximum atomic E-state index is 13.4. The molecule has 42 heavy (non-hydrogen) atoms. The lowest BCUT2D eigenvalue weighted by molar-refractivity contribution is 0.0526. The topological polar surface area (TPSA) is 139 Å². The highest BCUT2D eigenvalue weighted by molar-refractivity contribution is 7.08. The van der Waals surface area contributed by atoms with Gasteiger partial charge in [-0.25, -0.2) is 9.78 Å². The number of hydrogen-bond donors (Lipinski definition) is 3. The van der Waals surface area contributed by atoms with E-state index >= 15 is 0 Å². The Kier molecular flexibility index (Phi) is 9.41. The summed E-state index contributed by atoms with van der Waals surface area (Å²) >= 11 is 1.54. The van der Waals surface area contributed by atoms with Crippen LogP contribution in [0.1, 0.15) is 71.4 Å². The minimum atomic E-state index is -0.606. The van der Waals surface area contributed by atoms with Crippen LogP contribution in [0.3, 0.4) is 0 Å². The molecule has 220 valence electrons. The van der Waals surface area contributed by atoms with Gasteiger partial charge in [-0.2, -0.15) is 11.3 Å². The number of hydrogen-bond acceptors (Lipinski definition) is 8. The van der Waals surface area contributed by atoms with Gasteiger partial charge in [0.1, 0.15) is 11.2 Å². The zero-order chi connectivity index (χ0) is 30.4. The number of aromatic nitrogens is 2.